The van der Waals surface area contributed by atoms with Crippen molar-refractivity contribution in [3.8, 4) is 11.4 Å². The molecule has 1 aromatic carbocycles. The summed E-state index contributed by atoms with van der Waals surface area (Å²) in [4.78, 5) is 26.1. The van der Waals surface area contributed by atoms with Gasteiger partial charge < -0.3 is 4.74 Å². The van der Waals surface area contributed by atoms with Crippen molar-refractivity contribution < 1.29 is 4.74 Å². The molecule has 2 rings (SSSR count). The zero-order valence-electron chi connectivity index (χ0n) is 11.2. The van der Waals surface area contributed by atoms with Crippen molar-refractivity contribution in [1.29, 1.82) is 0 Å². The minimum Gasteiger partial charge on any atom is -0.491 e. The van der Waals surface area contributed by atoms with E-state index in [4.69, 9.17) is 16.3 Å². The van der Waals surface area contributed by atoms with E-state index in [2.05, 4.69) is 4.98 Å². The lowest BCUT2D eigenvalue weighted by molar-refractivity contribution is 0.217. The molecule has 1 unspecified atom stereocenters. The molecule has 0 spiro atoms. The van der Waals surface area contributed by atoms with Crippen LogP contribution in [0.1, 0.15) is 20.3 Å². The molecular weight excluding hydrogens is 280 g/mol. The van der Waals surface area contributed by atoms with E-state index in [9.17, 15) is 9.59 Å². The summed E-state index contributed by atoms with van der Waals surface area (Å²) in [7, 11) is 0. The normalized spacial score (nSPS) is 12.2. The molecular formula is C14H15ClN2O3. The van der Waals surface area contributed by atoms with Gasteiger partial charge in [-0.3, -0.25) is 9.78 Å². The molecule has 20 heavy (non-hydrogen) atoms. The average Bonchev–Trinajstić information content (AvgIpc) is 2.37. The number of nitrogens with zero attached hydrogens (tertiary/aromatic N) is 1. The smallest absolute Gasteiger partial charge is 0.334 e. The van der Waals surface area contributed by atoms with Crippen LogP contribution in [0.15, 0.2) is 39.9 Å². The standard InChI is InChI=1S/C14H15ClN2O3/c1-3-9(2)20-11-6-4-5-10(7-11)17-13(18)8-12(15)16-14(17)19/h4-9H,3H2,1-2H3,(H,16,19). The van der Waals surface area contributed by atoms with E-state index >= 15 is 0 Å². The van der Waals surface area contributed by atoms with E-state index < -0.39 is 11.2 Å². The molecule has 0 fully saturated rings. The second-order valence-corrected chi connectivity index (χ2v) is 4.84. The number of halogens is 1. The number of rotatable bonds is 4. The first-order valence-corrected chi connectivity index (χ1v) is 6.68. The van der Waals surface area contributed by atoms with Crippen LogP contribution in [0.4, 0.5) is 0 Å². The van der Waals surface area contributed by atoms with E-state index in [1.54, 1.807) is 24.3 Å². The van der Waals surface area contributed by atoms with Crippen LogP contribution in [-0.2, 0) is 0 Å². The highest BCUT2D eigenvalue weighted by atomic mass is 35.5. The SMILES string of the molecule is CCC(C)Oc1cccc(-n2c(=O)cc(Cl)[nH]c2=O)c1. The van der Waals surface area contributed by atoms with Crippen molar-refractivity contribution in [1.82, 2.24) is 9.55 Å². The van der Waals surface area contributed by atoms with E-state index in [0.717, 1.165) is 17.1 Å². The largest absolute Gasteiger partial charge is 0.491 e. The molecule has 106 valence electrons. The van der Waals surface area contributed by atoms with Crippen LogP contribution >= 0.6 is 11.6 Å². The Kier molecular flexibility index (Phi) is 4.29. The molecule has 0 amide bonds. The molecule has 1 atom stereocenters. The van der Waals surface area contributed by atoms with Crippen LogP contribution < -0.4 is 16.0 Å². The summed E-state index contributed by atoms with van der Waals surface area (Å²) < 4.78 is 6.68. The summed E-state index contributed by atoms with van der Waals surface area (Å²) in [6.45, 7) is 3.97. The number of hydrogen-bond acceptors (Lipinski definition) is 3. The fraction of sp³-hybridized carbons (Fsp3) is 0.286. The first kappa shape index (κ1) is 14.4. The van der Waals surface area contributed by atoms with Crippen LogP contribution in [0, 0.1) is 0 Å². The third-order valence-corrected chi connectivity index (χ3v) is 3.09. The van der Waals surface area contributed by atoms with E-state index in [1.165, 1.54) is 0 Å². The van der Waals surface area contributed by atoms with Crippen molar-refractivity contribution in [3.05, 3.63) is 56.3 Å². The quantitative estimate of drug-likeness (QED) is 0.881. The molecule has 1 heterocycles. The minimum absolute atomic E-state index is 0.0169. The van der Waals surface area contributed by atoms with Crippen molar-refractivity contribution in [3.63, 3.8) is 0 Å². The van der Waals surface area contributed by atoms with Crippen molar-refractivity contribution in [2.24, 2.45) is 0 Å². The molecule has 2 aromatic rings. The highest BCUT2D eigenvalue weighted by Crippen LogP contribution is 2.17. The number of hydrogen-bond donors (Lipinski definition) is 1. The number of nitrogens with one attached hydrogen (secondary N) is 1. The highest BCUT2D eigenvalue weighted by molar-refractivity contribution is 6.29. The van der Waals surface area contributed by atoms with Gasteiger partial charge in [0.25, 0.3) is 5.56 Å². The Hall–Kier alpha value is -2.01. The maximum absolute atomic E-state index is 11.9. The maximum Gasteiger partial charge on any atom is 0.334 e. The lowest BCUT2D eigenvalue weighted by Crippen LogP contribution is -2.32. The third kappa shape index (κ3) is 3.11. The van der Waals surface area contributed by atoms with Gasteiger partial charge in [-0.05, 0) is 25.5 Å². The summed E-state index contributed by atoms with van der Waals surface area (Å²) in [5, 5.41) is 0.0169. The maximum atomic E-state index is 11.9. The third-order valence-electron chi connectivity index (χ3n) is 2.89. The van der Waals surface area contributed by atoms with Crippen LogP contribution in [0.3, 0.4) is 0 Å². The monoisotopic (exact) mass is 294 g/mol. The summed E-state index contributed by atoms with van der Waals surface area (Å²) in [5.41, 5.74) is -0.628. The van der Waals surface area contributed by atoms with E-state index in [1.807, 2.05) is 13.8 Å². The molecule has 0 saturated heterocycles. The highest BCUT2D eigenvalue weighted by Gasteiger charge is 2.08. The van der Waals surface area contributed by atoms with Crippen LogP contribution in [-0.4, -0.2) is 15.7 Å². The van der Waals surface area contributed by atoms with Crippen LogP contribution in [0.25, 0.3) is 5.69 Å². The molecule has 0 aliphatic heterocycles. The second-order valence-electron chi connectivity index (χ2n) is 4.43. The van der Waals surface area contributed by atoms with Gasteiger partial charge in [-0.25, -0.2) is 9.36 Å². The minimum atomic E-state index is -0.580. The number of aromatic amines is 1. The van der Waals surface area contributed by atoms with Gasteiger partial charge in [0, 0.05) is 12.1 Å². The molecule has 1 aromatic heterocycles. The van der Waals surface area contributed by atoms with Gasteiger partial charge in [-0.1, -0.05) is 24.6 Å². The van der Waals surface area contributed by atoms with Crippen LogP contribution in [0.2, 0.25) is 5.15 Å². The Bertz CT molecular complexity index is 690. The van der Waals surface area contributed by atoms with Gasteiger partial charge in [0.15, 0.2) is 0 Å². The number of aromatic nitrogens is 2. The first-order valence-electron chi connectivity index (χ1n) is 6.30. The number of ether oxygens (including phenoxy) is 1. The Morgan fingerprint density at radius 3 is 2.75 bits per heavy atom. The molecule has 0 aliphatic carbocycles. The van der Waals surface area contributed by atoms with Gasteiger partial charge in [-0.15, -0.1) is 0 Å². The van der Waals surface area contributed by atoms with Crippen molar-refractivity contribution in [2.45, 2.75) is 26.4 Å². The Morgan fingerprint density at radius 2 is 2.10 bits per heavy atom. The van der Waals surface area contributed by atoms with Gasteiger partial charge in [0.05, 0.1) is 11.8 Å². The molecule has 0 radical (unpaired) electrons. The Morgan fingerprint density at radius 1 is 1.35 bits per heavy atom. The molecule has 1 N–H and O–H groups in total. The van der Waals surface area contributed by atoms with Crippen molar-refractivity contribution in [2.75, 3.05) is 0 Å². The molecule has 6 heteroatoms. The topological polar surface area (TPSA) is 64.1 Å². The molecule has 5 nitrogen and oxygen atoms in total. The van der Waals surface area contributed by atoms with E-state index in [-0.39, 0.29) is 11.3 Å². The lowest BCUT2D eigenvalue weighted by Gasteiger charge is -2.13. The summed E-state index contributed by atoms with van der Waals surface area (Å²) >= 11 is 5.64. The summed E-state index contributed by atoms with van der Waals surface area (Å²) in [6.07, 6.45) is 0.927. The summed E-state index contributed by atoms with van der Waals surface area (Å²) in [5.74, 6) is 0.609. The average molecular weight is 295 g/mol. The number of H-pyrrole nitrogens is 1. The van der Waals surface area contributed by atoms with Gasteiger partial charge in [0.1, 0.15) is 10.9 Å². The molecule has 0 aliphatic rings. The first-order chi connectivity index (χ1) is 9.51. The predicted octanol–water partition coefficient (Wildman–Crippen LogP) is 2.36. The zero-order chi connectivity index (χ0) is 14.7. The lowest BCUT2D eigenvalue weighted by atomic mass is 10.2. The predicted molar refractivity (Wildman–Crippen MR) is 78.1 cm³/mol. The fourth-order valence-electron chi connectivity index (χ4n) is 1.72. The molecule has 0 saturated carbocycles. The Balaban J connectivity index is 2.47. The van der Waals surface area contributed by atoms with Crippen molar-refractivity contribution >= 4 is 11.6 Å². The summed E-state index contributed by atoms with van der Waals surface area (Å²) in [6, 6.07) is 7.98. The molecule has 0 bridgehead atoms. The second kappa shape index (κ2) is 5.96. The van der Waals surface area contributed by atoms with Gasteiger partial charge >= 0.3 is 5.69 Å². The number of benzene rings is 1. The zero-order valence-corrected chi connectivity index (χ0v) is 12.0. The van der Waals surface area contributed by atoms with Gasteiger partial charge in [0.2, 0.25) is 0 Å². The van der Waals surface area contributed by atoms with Gasteiger partial charge in [-0.2, -0.15) is 0 Å². The van der Waals surface area contributed by atoms with E-state index in [0.29, 0.717) is 11.4 Å². The van der Waals surface area contributed by atoms with Crippen LogP contribution in [0.5, 0.6) is 5.75 Å². The fourth-order valence-corrected chi connectivity index (χ4v) is 1.90. The Labute approximate surface area is 120 Å².